The van der Waals surface area contributed by atoms with Crippen molar-refractivity contribution >= 4 is 17.7 Å². The highest BCUT2D eigenvalue weighted by Gasteiger charge is 2.81. The van der Waals surface area contributed by atoms with E-state index in [-0.39, 0.29) is 37.1 Å². The Labute approximate surface area is 348 Å². The number of ketones is 1. The minimum absolute atomic E-state index is 0.0221. The van der Waals surface area contributed by atoms with Crippen LogP contribution in [0.25, 0.3) is 0 Å². The van der Waals surface area contributed by atoms with Crippen molar-refractivity contribution in [3.05, 3.63) is 34.9 Å². The van der Waals surface area contributed by atoms with E-state index >= 15 is 0 Å². The van der Waals surface area contributed by atoms with Gasteiger partial charge in [-0.1, -0.05) is 37.6 Å². The van der Waals surface area contributed by atoms with Crippen LogP contribution in [-0.4, -0.2) is 131 Å². The number of Topliss-reactive ketones (excluding diaryl/α,β-unsaturated/α-hetero) is 1. The zero-order valence-electron chi connectivity index (χ0n) is 36.6. The van der Waals surface area contributed by atoms with Crippen LogP contribution in [0.2, 0.25) is 0 Å². The summed E-state index contributed by atoms with van der Waals surface area (Å²) in [5.41, 5.74) is -4.39. The van der Waals surface area contributed by atoms with Crippen LogP contribution in [0.4, 0.5) is 0 Å². The van der Waals surface area contributed by atoms with Crippen molar-refractivity contribution < 1.29 is 68.0 Å². The van der Waals surface area contributed by atoms with Crippen LogP contribution >= 0.6 is 0 Å². The van der Waals surface area contributed by atoms with Crippen LogP contribution in [-0.2, 0) is 47.5 Å². The molecule has 0 aromatic rings. The Kier molecular flexibility index (Phi) is 13.2. The van der Waals surface area contributed by atoms with Crippen LogP contribution < -0.4 is 0 Å². The van der Waals surface area contributed by atoms with Crippen LogP contribution in [0.5, 0.6) is 0 Å². The fourth-order valence-corrected chi connectivity index (χ4v) is 12.0. The molecule has 3 saturated carbocycles. The molecule has 332 valence electrons. The summed E-state index contributed by atoms with van der Waals surface area (Å²) in [4.78, 5) is 41.0. The monoisotopic (exact) mass is 832 g/mol. The smallest absolute Gasteiger partial charge is 0.333 e. The number of aliphatic hydroxyl groups excluding tert-OH is 2. The first-order valence-corrected chi connectivity index (χ1v) is 21.4. The lowest BCUT2D eigenvalue weighted by Crippen LogP contribution is -2.80. The lowest BCUT2D eigenvalue weighted by atomic mass is 9.41. The van der Waals surface area contributed by atoms with E-state index in [0.717, 1.165) is 5.57 Å². The second kappa shape index (κ2) is 17.0. The number of ether oxygens (including phenoxy) is 7. The molecule has 0 radical (unpaired) electrons. The number of carbonyl (C=O) groups is 3. The molecule has 2 aliphatic heterocycles. The van der Waals surface area contributed by atoms with Gasteiger partial charge in [0.15, 0.2) is 6.29 Å². The number of carbonyl (C=O) groups excluding carboxylic acids is 3. The minimum Gasteiger partial charge on any atom is -0.455 e. The molecule has 0 aromatic heterocycles. The SMILES string of the molecule is C/C=C(\C)C(=O)O[C@@H]1[C@@H](OC(=O)/C(C)=C/C)[C@]2(C)[C@@H](C(C)=O)CC[C@]2(O)[C@]2(O)CC=C3C[C@@H]([C@H]4C[C@@H](OC)[C@H](O[C@@H]5O[C@H](C)[C@@H](O)[C@@H](OC)[C@H]5O)[C@@H](C)O4)CC[C@]3(C)[C@@H]12. The normalized spacial score (nSPS) is 47.6. The fourth-order valence-electron chi connectivity index (χ4n) is 12.0. The molecular weight excluding hydrogens is 764 g/mol. The standard InChI is InChI=1S/C45H68O14/c1-12-22(3)39(49)57-36-37-42(8)17-14-27(30-21-31(53-10)34(26(7)55-30)58-41-33(48)35(54-11)32(47)25(6)56-41)20-28(42)15-18-44(37,51)45(52)19-16-29(24(5)46)43(45,9)38(36)59-40(50)23(4)13-2/h12-13,15,25-27,29-38,41,47-48,51-52H,14,16-21H2,1-11H3/b22-12+,23-13+/t25-,26-,27+,29-,30-,31-,32-,33-,34-,35-,36+,37-,38-,41+,42+,43+,44+,45-/m1/s1. The van der Waals surface area contributed by atoms with Gasteiger partial charge in [-0.15, -0.1) is 0 Å². The first kappa shape index (κ1) is 46.0. The number of allylic oxidation sites excluding steroid dienone is 3. The summed E-state index contributed by atoms with van der Waals surface area (Å²) >= 11 is 0. The van der Waals surface area contributed by atoms with Crippen molar-refractivity contribution in [2.75, 3.05) is 14.2 Å². The number of esters is 2. The van der Waals surface area contributed by atoms with Gasteiger partial charge in [-0.25, -0.2) is 9.59 Å². The molecule has 5 fully saturated rings. The lowest BCUT2D eigenvalue weighted by Gasteiger charge is -2.68. The molecule has 0 bridgehead atoms. The maximum absolute atomic E-state index is 13.8. The highest BCUT2D eigenvalue weighted by Crippen LogP contribution is 2.71. The van der Waals surface area contributed by atoms with Crippen LogP contribution in [0.15, 0.2) is 34.9 Å². The molecule has 14 heteroatoms. The van der Waals surface area contributed by atoms with Gasteiger partial charge in [-0.05, 0) is 98.3 Å². The Balaban J connectivity index is 1.33. The lowest BCUT2D eigenvalue weighted by molar-refractivity contribution is -0.332. The van der Waals surface area contributed by atoms with Gasteiger partial charge in [0.05, 0.1) is 24.4 Å². The van der Waals surface area contributed by atoms with E-state index in [2.05, 4.69) is 0 Å². The zero-order valence-corrected chi connectivity index (χ0v) is 36.6. The molecule has 0 unspecified atom stereocenters. The van der Waals surface area contributed by atoms with Crippen molar-refractivity contribution in [1.29, 1.82) is 0 Å². The summed E-state index contributed by atoms with van der Waals surface area (Å²) in [6.07, 6.45) is -1.19. The summed E-state index contributed by atoms with van der Waals surface area (Å²) in [5.74, 6) is -3.17. The molecule has 59 heavy (non-hydrogen) atoms. The van der Waals surface area contributed by atoms with Crippen molar-refractivity contribution in [3.8, 4) is 0 Å². The third-order valence-electron chi connectivity index (χ3n) is 15.8. The van der Waals surface area contributed by atoms with E-state index in [1.165, 1.54) is 14.0 Å². The third kappa shape index (κ3) is 7.29. The molecule has 0 aromatic carbocycles. The summed E-state index contributed by atoms with van der Waals surface area (Å²) < 4.78 is 43.1. The average molecular weight is 833 g/mol. The van der Waals surface area contributed by atoms with Crippen molar-refractivity contribution in [3.63, 3.8) is 0 Å². The quantitative estimate of drug-likeness (QED) is 0.140. The number of fused-ring (bicyclic) bond motifs is 5. The van der Waals surface area contributed by atoms with Crippen molar-refractivity contribution in [2.24, 2.45) is 28.6 Å². The highest BCUT2D eigenvalue weighted by atomic mass is 16.7. The average Bonchev–Trinajstić information content (AvgIpc) is 3.49. The van der Waals surface area contributed by atoms with Gasteiger partial charge < -0.3 is 53.6 Å². The van der Waals surface area contributed by atoms with Crippen LogP contribution in [0.3, 0.4) is 0 Å². The summed E-state index contributed by atoms with van der Waals surface area (Å²) in [6, 6.07) is 0. The molecular formula is C45H68O14. The Hall–Kier alpha value is -2.53. The molecule has 2 saturated heterocycles. The van der Waals surface area contributed by atoms with Gasteiger partial charge in [-0.2, -0.15) is 0 Å². The van der Waals surface area contributed by atoms with E-state index < -0.39 is 107 Å². The first-order valence-electron chi connectivity index (χ1n) is 21.4. The molecule has 4 N–H and O–H groups in total. The number of rotatable bonds is 10. The van der Waals surface area contributed by atoms with Gasteiger partial charge in [0.1, 0.15) is 53.6 Å². The fraction of sp³-hybridized carbons (Fsp3) is 0.800. The maximum Gasteiger partial charge on any atom is 0.333 e. The molecule has 4 aliphatic carbocycles. The molecule has 0 spiro atoms. The topological polar surface area (TPSA) is 197 Å². The first-order chi connectivity index (χ1) is 27.7. The summed E-state index contributed by atoms with van der Waals surface area (Å²) in [6.45, 7) is 15.5. The van der Waals surface area contributed by atoms with Crippen molar-refractivity contribution in [1.82, 2.24) is 0 Å². The third-order valence-corrected chi connectivity index (χ3v) is 15.8. The Morgan fingerprint density at radius 1 is 0.831 bits per heavy atom. The number of hydrogen-bond acceptors (Lipinski definition) is 14. The second-order valence-corrected chi connectivity index (χ2v) is 18.6. The highest BCUT2D eigenvalue weighted by molar-refractivity contribution is 5.89. The Morgan fingerprint density at radius 3 is 2.07 bits per heavy atom. The van der Waals surface area contributed by atoms with Gasteiger partial charge in [0.25, 0.3) is 0 Å². The molecule has 2 heterocycles. The Bertz CT molecular complexity index is 1710. The van der Waals surface area contributed by atoms with Gasteiger partial charge >= 0.3 is 11.9 Å². The van der Waals surface area contributed by atoms with Crippen LogP contribution in [0.1, 0.15) is 107 Å². The molecule has 6 aliphatic rings. The predicted octanol–water partition coefficient (Wildman–Crippen LogP) is 4.04. The van der Waals surface area contributed by atoms with E-state index in [0.29, 0.717) is 36.8 Å². The van der Waals surface area contributed by atoms with Crippen LogP contribution in [0, 0.1) is 28.6 Å². The second-order valence-electron chi connectivity index (χ2n) is 18.6. The number of hydrogen-bond donors (Lipinski definition) is 4. The van der Waals surface area contributed by atoms with E-state index in [1.54, 1.807) is 60.8 Å². The Morgan fingerprint density at radius 2 is 1.47 bits per heavy atom. The summed E-state index contributed by atoms with van der Waals surface area (Å²) in [5, 5.41) is 47.8. The zero-order chi connectivity index (χ0) is 43.6. The predicted molar refractivity (Wildman–Crippen MR) is 213 cm³/mol. The van der Waals surface area contributed by atoms with E-state index in [4.69, 9.17) is 33.2 Å². The minimum atomic E-state index is -1.88. The maximum atomic E-state index is 13.8. The number of methoxy groups -OCH3 is 2. The largest absolute Gasteiger partial charge is 0.455 e. The molecule has 0 amide bonds. The molecule has 14 nitrogen and oxygen atoms in total. The molecule has 18 atom stereocenters. The van der Waals surface area contributed by atoms with Crippen molar-refractivity contribution in [2.45, 2.75) is 186 Å². The summed E-state index contributed by atoms with van der Waals surface area (Å²) in [7, 11) is 3.03. The van der Waals surface area contributed by atoms with E-state index in [9.17, 15) is 34.8 Å². The van der Waals surface area contributed by atoms with Gasteiger partial charge in [-0.3, -0.25) is 4.79 Å². The molecule has 6 rings (SSSR count). The number of aliphatic hydroxyl groups is 4. The van der Waals surface area contributed by atoms with E-state index in [1.807, 2.05) is 19.9 Å². The van der Waals surface area contributed by atoms with Gasteiger partial charge in [0.2, 0.25) is 0 Å². The van der Waals surface area contributed by atoms with Gasteiger partial charge in [0, 0.05) is 49.0 Å².